The molecule has 0 fully saturated rings. The largest absolute Gasteiger partial charge is 0.469 e. The number of aryl methyl sites for hydroxylation is 1. The molecule has 0 spiro atoms. The number of rotatable bonds is 6. The van der Waals surface area contributed by atoms with Gasteiger partial charge in [0.1, 0.15) is 5.76 Å². The van der Waals surface area contributed by atoms with Crippen LogP contribution in [0.15, 0.2) is 46.2 Å². The first kappa shape index (κ1) is 18.6. The van der Waals surface area contributed by atoms with Gasteiger partial charge >= 0.3 is 6.18 Å². The van der Waals surface area contributed by atoms with Crippen LogP contribution in [0.1, 0.15) is 30.2 Å². The highest BCUT2D eigenvalue weighted by Gasteiger charge is 2.30. The standard InChI is InChI=1S/C18H18F3N3OS/c1-3-8-24-16(15-7-9-25-12(15)2)22-23-17(24)26-11-13-5-4-6-14(10-13)18(19,20)21/h4-7,9-10H,3,8,11H2,1-2H3. The minimum Gasteiger partial charge on any atom is -0.469 e. The molecule has 1 aromatic carbocycles. The molecule has 0 radical (unpaired) electrons. The molecular weight excluding hydrogens is 363 g/mol. The molecule has 0 saturated heterocycles. The Morgan fingerprint density at radius 1 is 1.19 bits per heavy atom. The van der Waals surface area contributed by atoms with E-state index in [1.165, 1.54) is 23.9 Å². The van der Waals surface area contributed by atoms with Crippen LogP contribution < -0.4 is 0 Å². The molecule has 138 valence electrons. The fraction of sp³-hybridized carbons (Fsp3) is 0.333. The molecule has 2 aromatic heterocycles. The molecular formula is C18H18F3N3OS. The first-order chi connectivity index (χ1) is 12.4. The van der Waals surface area contributed by atoms with E-state index >= 15 is 0 Å². The number of hydrogen-bond acceptors (Lipinski definition) is 4. The smallest absolute Gasteiger partial charge is 0.416 e. The number of aromatic nitrogens is 3. The monoisotopic (exact) mass is 381 g/mol. The summed E-state index contributed by atoms with van der Waals surface area (Å²) in [6.07, 6.45) is -1.85. The summed E-state index contributed by atoms with van der Waals surface area (Å²) in [4.78, 5) is 0. The fourth-order valence-corrected chi connectivity index (χ4v) is 3.53. The van der Waals surface area contributed by atoms with Crippen LogP contribution in [-0.4, -0.2) is 14.8 Å². The van der Waals surface area contributed by atoms with Crippen molar-refractivity contribution in [2.45, 2.75) is 43.9 Å². The zero-order valence-corrected chi connectivity index (χ0v) is 15.2. The maximum absolute atomic E-state index is 12.9. The molecule has 0 aliphatic carbocycles. The Bertz CT molecular complexity index is 886. The molecule has 3 aromatic rings. The maximum Gasteiger partial charge on any atom is 0.416 e. The second-order valence-corrected chi connectivity index (χ2v) is 6.78. The lowest BCUT2D eigenvalue weighted by Gasteiger charge is -2.10. The molecule has 0 amide bonds. The van der Waals surface area contributed by atoms with Crippen molar-refractivity contribution in [1.29, 1.82) is 0 Å². The topological polar surface area (TPSA) is 43.9 Å². The fourth-order valence-electron chi connectivity index (χ4n) is 2.62. The van der Waals surface area contributed by atoms with E-state index in [0.29, 0.717) is 22.3 Å². The van der Waals surface area contributed by atoms with Gasteiger partial charge in [-0.05, 0) is 31.0 Å². The summed E-state index contributed by atoms with van der Waals surface area (Å²) < 4.78 is 45.9. The van der Waals surface area contributed by atoms with Crippen molar-refractivity contribution >= 4 is 11.8 Å². The van der Waals surface area contributed by atoms with Crippen molar-refractivity contribution in [3.8, 4) is 11.4 Å². The normalized spacial score (nSPS) is 11.9. The van der Waals surface area contributed by atoms with Gasteiger partial charge in [-0.1, -0.05) is 36.9 Å². The highest BCUT2D eigenvalue weighted by atomic mass is 32.2. The summed E-state index contributed by atoms with van der Waals surface area (Å²) in [7, 11) is 0. The minimum absolute atomic E-state index is 0.385. The van der Waals surface area contributed by atoms with Crippen molar-refractivity contribution in [2.24, 2.45) is 0 Å². The van der Waals surface area contributed by atoms with Crippen LogP contribution in [-0.2, 0) is 18.5 Å². The van der Waals surface area contributed by atoms with Gasteiger partial charge < -0.3 is 8.98 Å². The first-order valence-corrected chi connectivity index (χ1v) is 9.15. The summed E-state index contributed by atoms with van der Waals surface area (Å²) in [5.74, 6) is 1.85. The Balaban J connectivity index is 1.83. The van der Waals surface area contributed by atoms with Crippen molar-refractivity contribution < 1.29 is 17.6 Å². The Hall–Kier alpha value is -2.22. The molecule has 2 heterocycles. The van der Waals surface area contributed by atoms with E-state index in [-0.39, 0.29) is 0 Å². The average Bonchev–Trinajstić information content (AvgIpc) is 3.19. The third-order valence-electron chi connectivity index (χ3n) is 3.89. The molecule has 0 aliphatic heterocycles. The molecule has 0 atom stereocenters. The molecule has 0 aliphatic rings. The number of benzene rings is 1. The van der Waals surface area contributed by atoms with Crippen LogP contribution >= 0.6 is 11.8 Å². The molecule has 3 rings (SSSR count). The van der Waals surface area contributed by atoms with Gasteiger partial charge in [0.25, 0.3) is 0 Å². The third kappa shape index (κ3) is 3.95. The van der Waals surface area contributed by atoms with Crippen LogP contribution in [0.4, 0.5) is 13.2 Å². The number of nitrogens with zero attached hydrogens (tertiary/aromatic N) is 3. The lowest BCUT2D eigenvalue weighted by Crippen LogP contribution is -2.05. The van der Waals surface area contributed by atoms with Gasteiger partial charge in [0.15, 0.2) is 11.0 Å². The Labute approximate surface area is 153 Å². The number of halogens is 3. The zero-order chi connectivity index (χ0) is 18.7. The molecule has 0 saturated carbocycles. The number of thioether (sulfide) groups is 1. The predicted octanol–water partition coefficient (Wildman–Crippen LogP) is 5.57. The second kappa shape index (κ2) is 7.57. The second-order valence-electron chi connectivity index (χ2n) is 5.84. The number of hydrogen-bond donors (Lipinski definition) is 0. The van der Waals surface area contributed by atoms with Gasteiger partial charge in [-0.3, -0.25) is 0 Å². The van der Waals surface area contributed by atoms with Crippen LogP contribution in [0.25, 0.3) is 11.4 Å². The van der Waals surface area contributed by atoms with E-state index in [1.54, 1.807) is 12.3 Å². The SMILES string of the molecule is CCCn1c(SCc2cccc(C(F)(F)F)c2)nnc1-c1ccoc1C. The molecule has 0 N–H and O–H groups in total. The van der Waals surface area contributed by atoms with Gasteiger partial charge in [-0.25, -0.2) is 0 Å². The minimum atomic E-state index is -4.34. The van der Waals surface area contributed by atoms with E-state index in [4.69, 9.17) is 4.42 Å². The molecule has 0 bridgehead atoms. The van der Waals surface area contributed by atoms with E-state index in [9.17, 15) is 13.2 Å². The Morgan fingerprint density at radius 3 is 2.65 bits per heavy atom. The van der Waals surface area contributed by atoms with Gasteiger partial charge in [0, 0.05) is 12.3 Å². The number of alkyl halides is 3. The summed E-state index contributed by atoms with van der Waals surface area (Å²) >= 11 is 1.37. The van der Waals surface area contributed by atoms with Crippen molar-refractivity contribution in [1.82, 2.24) is 14.8 Å². The Morgan fingerprint density at radius 2 is 2.00 bits per heavy atom. The average molecular weight is 381 g/mol. The summed E-state index contributed by atoms with van der Waals surface area (Å²) in [6.45, 7) is 4.63. The van der Waals surface area contributed by atoms with E-state index in [0.717, 1.165) is 30.4 Å². The zero-order valence-electron chi connectivity index (χ0n) is 14.4. The lowest BCUT2D eigenvalue weighted by molar-refractivity contribution is -0.137. The van der Waals surface area contributed by atoms with Gasteiger partial charge in [0.2, 0.25) is 0 Å². The van der Waals surface area contributed by atoms with Gasteiger partial charge in [-0.2, -0.15) is 13.2 Å². The van der Waals surface area contributed by atoms with Crippen LogP contribution in [0.5, 0.6) is 0 Å². The van der Waals surface area contributed by atoms with Crippen LogP contribution in [0.3, 0.4) is 0 Å². The molecule has 4 nitrogen and oxygen atoms in total. The van der Waals surface area contributed by atoms with Crippen LogP contribution in [0, 0.1) is 6.92 Å². The van der Waals surface area contributed by atoms with E-state index < -0.39 is 11.7 Å². The van der Waals surface area contributed by atoms with Crippen molar-refractivity contribution in [3.05, 3.63) is 53.5 Å². The van der Waals surface area contributed by atoms with E-state index in [2.05, 4.69) is 10.2 Å². The van der Waals surface area contributed by atoms with Crippen molar-refractivity contribution in [3.63, 3.8) is 0 Å². The van der Waals surface area contributed by atoms with Gasteiger partial charge in [-0.15, -0.1) is 10.2 Å². The molecule has 26 heavy (non-hydrogen) atoms. The third-order valence-corrected chi connectivity index (χ3v) is 4.92. The predicted molar refractivity (Wildman–Crippen MR) is 93.8 cm³/mol. The molecule has 8 heteroatoms. The molecule has 0 unspecified atom stereocenters. The lowest BCUT2D eigenvalue weighted by atomic mass is 10.1. The highest BCUT2D eigenvalue weighted by molar-refractivity contribution is 7.98. The van der Waals surface area contributed by atoms with Crippen molar-refractivity contribution in [2.75, 3.05) is 0 Å². The summed E-state index contributed by atoms with van der Waals surface area (Å²) in [6, 6.07) is 7.20. The first-order valence-electron chi connectivity index (χ1n) is 8.16. The van der Waals surface area contributed by atoms with Crippen LogP contribution in [0.2, 0.25) is 0 Å². The number of furan rings is 1. The van der Waals surface area contributed by atoms with Gasteiger partial charge in [0.05, 0.1) is 17.4 Å². The maximum atomic E-state index is 12.9. The summed E-state index contributed by atoms with van der Waals surface area (Å²) in [5, 5.41) is 9.17. The summed E-state index contributed by atoms with van der Waals surface area (Å²) in [5.41, 5.74) is 0.828. The van der Waals surface area contributed by atoms with E-state index in [1.807, 2.05) is 24.5 Å². The highest BCUT2D eigenvalue weighted by Crippen LogP contribution is 2.32. The Kier molecular flexibility index (Phi) is 5.41. The quantitative estimate of drug-likeness (QED) is 0.524.